The molecule has 0 saturated heterocycles. The number of aryl methyl sites for hydroxylation is 1. The van der Waals surface area contributed by atoms with E-state index in [1.807, 2.05) is 38.1 Å². The molecule has 2 amide bonds. The van der Waals surface area contributed by atoms with Crippen LogP contribution >= 0.6 is 0 Å². The van der Waals surface area contributed by atoms with Crippen LogP contribution in [0.1, 0.15) is 29.3 Å². The maximum Gasteiger partial charge on any atom is 0.252 e. The van der Waals surface area contributed by atoms with Crippen LogP contribution in [0.3, 0.4) is 0 Å². The molecule has 144 valence electrons. The molecule has 3 aromatic rings. The zero-order chi connectivity index (χ0) is 20.1. The number of anilines is 1. The quantitative estimate of drug-likeness (QED) is 0.693. The fourth-order valence-corrected chi connectivity index (χ4v) is 3.07. The minimum absolute atomic E-state index is 0.134. The third kappa shape index (κ3) is 4.11. The summed E-state index contributed by atoms with van der Waals surface area (Å²) in [7, 11) is 0. The van der Waals surface area contributed by atoms with Gasteiger partial charge in [0.25, 0.3) is 11.5 Å². The first-order chi connectivity index (χ1) is 13.5. The summed E-state index contributed by atoms with van der Waals surface area (Å²) >= 11 is 0. The van der Waals surface area contributed by atoms with Crippen molar-refractivity contribution >= 4 is 28.4 Å². The summed E-state index contributed by atoms with van der Waals surface area (Å²) in [6, 6.07) is 15.9. The van der Waals surface area contributed by atoms with Crippen molar-refractivity contribution in [2.45, 2.75) is 26.8 Å². The largest absolute Gasteiger partial charge is 0.352 e. The summed E-state index contributed by atoms with van der Waals surface area (Å²) < 4.78 is 1.39. The number of benzene rings is 2. The van der Waals surface area contributed by atoms with Crippen LogP contribution in [0.2, 0.25) is 0 Å². The van der Waals surface area contributed by atoms with Crippen molar-refractivity contribution in [1.82, 2.24) is 9.88 Å². The van der Waals surface area contributed by atoms with Crippen LogP contribution in [-0.4, -0.2) is 22.9 Å². The Morgan fingerprint density at radius 3 is 2.50 bits per heavy atom. The number of para-hydroxylation sites is 2. The van der Waals surface area contributed by atoms with Crippen molar-refractivity contribution in [3.05, 3.63) is 76.1 Å². The molecular formula is C22H23N3O3. The molecule has 0 bridgehead atoms. The predicted octanol–water partition coefficient (Wildman–Crippen LogP) is 3.09. The average Bonchev–Trinajstić information content (AvgIpc) is 2.69. The van der Waals surface area contributed by atoms with Gasteiger partial charge >= 0.3 is 0 Å². The minimum Gasteiger partial charge on any atom is -0.352 e. The summed E-state index contributed by atoms with van der Waals surface area (Å²) in [5.41, 5.74) is 2.14. The van der Waals surface area contributed by atoms with Crippen LogP contribution in [0.25, 0.3) is 10.9 Å². The smallest absolute Gasteiger partial charge is 0.252 e. The molecule has 1 aromatic heterocycles. The van der Waals surface area contributed by atoms with Gasteiger partial charge in [0.15, 0.2) is 0 Å². The number of amides is 2. The molecule has 6 heteroatoms. The van der Waals surface area contributed by atoms with Gasteiger partial charge in [0.05, 0.1) is 11.1 Å². The van der Waals surface area contributed by atoms with Crippen molar-refractivity contribution in [1.29, 1.82) is 0 Å². The summed E-state index contributed by atoms with van der Waals surface area (Å²) in [6.07, 6.45) is 0.805. The molecule has 6 nitrogen and oxygen atoms in total. The van der Waals surface area contributed by atoms with Gasteiger partial charge in [-0.2, -0.15) is 0 Å². The van der Waals surface area contributed by atoms with E-state index in [2.05, 4.69) is 10.6 Å². The van der Waals surface area contributed by atoms with Crippen LogP contribution in [0, 0.1) is 6.92 Å². The van der Waals surface area contributed by atoms with E-state index in [0.717, 1.165) is 12.0 Å². The van der Waals surface area contributed by atoms with Crippen molar-refractivity contribution in [3.63, 3.8) is 0 Å². The standard InChI is InChI=1S/C22H23N3O3/c1-3-12-23-22(28)17-13-21(27)25(19-11-7-5-9-16(17)19)14-20(26)24-18-10-6-4-8-15(18)2/h4-11,13H,3,12,14H2,1-2H3,(H,23,28)(H,24,26). The molecule has 0 saturated carbocycles. The molecule has 1 heterocycles. The van der Waals surface area contributed by atoms with E-state index >= 15 is 0 Å². The fraction of sp³-hybridized carbons (Fsp3) is 0.227. The van der Waals surface area contributed by atoms with E-state index in [1.165, 1.54) is 10.6 Å². The van der Waals surface area contributed by atoms with Gasteiger partial charge in [-0.25, -0.2) is 0 Å². The molecule has 0 radical (unpaired) electrons. The van der Waals surface area contributed by atoms with Gasteiger partial charge in [0.1, 0.15) is 6.54 Å². The molecule has 28 heavy (non-hydrogen) atoms. The van der Waals surface area contributed by atoms with Gasteiger partial charge in [-0.15, -0.1) is 0 Å². The third-order valence-electron chi connectivity index (χ3n) is 4.52. The summed E-state index contributed by atoms with van der Waals surface area (Å²) in [4.78, 5) is 37.7. The van der Waals surface area contributed by atoms with Crippen LogP contribution in [0.15, 0.2) is 59.4 Å². The number of rotatable bonds is 6. The number of hydrogen-bond donors (Lipinski definition) is 2. The van der Waals surface area contributed by atoms with E-state index in [4.69, 9.17) is 0 Å². The predicted molar refractivity (Wildman–Crippen MR) is 111 cm³/mol. The molecule has 0 fully saturated rings. The lowest BCUT2D eigenvalue weighted by Gasteiger charge is -2.14. The first-order valence-electron chi connectivity index (χ1n) is 9.27. The van der Waals surface area contributed by atoms with Gasteiger partial charge in [-0.1, -0.05) is 43.3 Å². The zero-order valence-corrected chi connectivity index (χ0v) is 16.0. The maximum absolute atomic E-state index is 12.7. The number of fused-ring (bicyclic) bond motifs is 1. The highest BCUT2D eigenvalue weighted by Gasteiger charge is 2.16. The molecule has 0 spiro atoms. The number of aromatic nitrogens is 1. The molecule has 3 rings (SSSR count). The second-order valence-electron chi connectivity index (χ2n) is 6.62. The Labute approximate surface area is 163 Å². The Kier molecular flexibility index (Phi) is 5.89. The highest BCUT2D eigenvalue weighted by atomic mass is 16.2. The fourth-order valence-electron chi connectivity index (χ4n) is 3.07. The second-order valence-corrected chi connectivity index (χ2v) is 6.62. The van der Waals surface area contributed by atoms with Gasteiger partial charge in [-0.05, 0) is 31.0 Å². The SMILES string of the molecule is CCCNC(=O)c1cc(=O)n(CC(=O)Nc2ccccc2C)c2ccccc12. The number of hydrogen-bond acceptors (Lipinski definition) is 3. The average molecular weight is 377 g/mol. The normalized spacial score (nSPS) is 10.6. The van der Waals surface area contributed by atoms with E-state index in [1.54, 1.807) is 24.3 Å². The highest BCUT2D eigenvalue weighted by molar-refractivity contribution is 6.06. The van der Waals surface area contributed by atoms with Gasteiger partial charge < -0.3 is 10.6 Å². The third-order valence-corrected chi connectivity index (χ3v) is 4.52. The van der Waals surface area contributed by atoms with E-state index in [-0.39, 0.29) is 23.9 Å². The van der Waals surface area contributed by atoms with Crippen LogP contribution in [0.5, 0.6) is 0 Å². The van der Waals surface area contributed by atoms with E-state index in [0.29, 0.717) is 28.7 Å². The van der Waals surface area contributed by atoms with Crippen LogP contribution < -0.4 is 16.2 Å². The minimum atomic E-state index is -0.389. The molecule has 0 aliphatic rings. The number of nitrogens with zero attached hydrogens (tertiary/aromatic N) is 1. The van der Waals surface area contributed by atoms with Gasteiger partial charge in [-0.3, -0.25) is 19.0 Å². The highest BCUT2D eigenvalue weighted by Crippen LogP contribution is 2.18. The molecule has 2 N–H and O–H groups in total. The number of carbonyl (C=O) groups excluding carboxylic acids is 2. The molecule has 0 aliphatic carbocycles. The Hall–Kier alpha value is -3.41. The maximum atomic E-state index is 12.7. The number of carbonyl (C=O) groups is 2. The van der Waals surface area contributed by atoms with Crippen LogP contribution in [0.4, 0.5) is 5.69 Å². The van der Waals surface area contributed by atoms with Crippen molar-refractivity contribution in [3.8, 4) is 0 Å². The molecular weight excluding hydrogens is 354 g/mol. The van der Waals surface area contributed by atoms with Gasteiger partial charge in [0, 0.05) is 23.7 Å². The first kappa shape index (κ1) is 19.4. The Morgan fingerprint density at radius 1 is 1.04 bits per heavy atom. The summed E-state index contributed by atoms with van der Waals surface area (Å²) in [5.74, 6) is -0.587. The lowest BCUT2D eigenvalue weighted by Crippen LogP contribution is -2.31. The zero-order valence-electron chi connectivity index (χ0n) is 16.0. The first-order valence-corrected chi connectivity index (χ1v) is 9.27. The monoisotopic (exact) mass is 377 g/mol. The summed E-state index contributed by atoms with van der Waals surface area (Å²) in [5, 5.41) is 6.28. The molecule has 0 aliphatic heterocycles. The topological polar surface area (TPSA) is 80.2 Å². The van der Waals surface area contributed by atoms with Crippen molar-refractivity contribution in [2.75, 3.05) is 11.9 Å². The molecule has 2 aromatic carbocycles. The van der Waals surface area contributed by atoms with Crippen molar-refractivity contribution in [2.24, 2.45) is 0 Å². The molecule has 0 unspecified atom stereocenters. The Balaban J connectivity index is 1.95. The number of nitrogens with one attached hydrogen (secondary N) is 2. The lowest BCUT2D eigenvalue weighted by atomic mass is 10.1. The van der Waals surface area contributed by atoms with E-state index in [9.17, 15) is 14.4 Å². The Bertz CT molecular complexity index is 1090. The van der Waals surface area contributed by atoms with Crippen LogP contribution in [-0.2, 0) is 11.3 Å². The number of pyridine rings is 1. The van der Waals surface area contributed by atoms with E-state index < -0.39 is 0 Å². The Morgan fingerprint density at radius 2 is 1.75 bits per heavy atom. The lowest BCUT2D eigenvalue weighted by molar-refractivity contribution is -0.116. The second kappa shape index (κ2) is 8.52. The van der Waals surface area contributed by atoms with Gasteiger partial charge in [0.2, 0.25) is 5.91 Å². The van der Waals surface area contributed by atoms with Crippen molar-refractivity contribution < 1.29 is 9.59 Å². The summed E-state index contributed by atoms with van der Waals surface area (Å²) in [6.45, 7) is 4.27. The molecule has 0 atom stereocenters.